The van der Waals surface area contributed by atoms with Gasteiger partial charge in [0.1, 0.15) is 70.2 Å². The Kier molecular flexibility index (Phi) is 22.9. The van der Waals surface area contributed by atoms with Crippen molar-refractivity contribution < 1.29 is 70.8 Å². The summed E-state index contributed by atoms with van der Waals surface area (Å²) < 4.78 is 45.1. The van der Waals surface area contributed by atoms with E-state index in [1.807, 2.05) is 20.8 Å². The van der Waals surface area contributed by atoms with Crippen LogP contribution in [0.1, 0.15) is 144 Å². The number of carbonyl (C=O) groups excluding carboxylic acids is 9. The zero-order valence-corrected chi connectivity index (χ0v) is 58.7. The number of nitrogens with one attached hydrogen (secondary N) is 3. The molecular formula is C68H77Cl3F3N15O12. The summed E-state index contributed by atoms with van der Waals surface area (Å²) in [5.74, 6) is -2.05. The van der Waals surface area contributed by atoms with Crippen molar-refractivity contribution >= 4 is 105 Å². The molecule has 3 aromatic heterocycles. The monoisotopic (exact) mass is 1460 g/mol. The number of urea groups is 3. The predicted molar refractivity (Wildman–Crippen MR) is 362 cm³/mol. The van der Waals surface area contributed by atoms with Gasteiger partial charge < -0.3 is 30.7 Å². The van der Waals surface area contributed by atoms with Gasteiger partial charge in [0.15, 0.2) is 0 Å². The molecule has 538 valence electrons. The molecule has 33 heteroatoms. The zero-order valence-electron chi connectivity index (χ0n) is 56.5. The molecule has 0 spiro atoms. The molecule has 0 saturated heterocycles. The van der Waals surface area contributed by atoms with E-state index in [4.69, 9.17) is 49.3 Å². The molecule has 3 atom stereocenters. The summed E-state index contributed by atoms with van der Waals surface area (Å²) in [6.45, 7) is 8.42. The van der Waals surface area contributed by atoms with E-state index in [2.05, 4.69) is 31.2 Å². The third-order valence-corrected chi connectivity index (χ3v) is 19.3. The number of carbonyl (C=O) groups is 9. The van der Waals surface area contributed by atoms with Gasteiger partial charge in [-0.3, -0.25) is 57.3 Å². The minimum Gasteiger partial charge on any atom is -0.320 e. The van der Waals surface area contributed by atoms with E-state index >= 15 is 0 Å². The Hall–Kier alpha value is -8.94. The van der Waals surface area contributed by atoms with Crippen molar-refractivity contribution in [2.45, 2.75) is 155 Å². The van der Waals surface area contributed by atoms with Gasteiger partial charge in [-0.15, -0.1) is 0 Å². The van der Waals surface area contributed by atoms with Crippen molar-refractivity contribution in [2.24, 2.45) is 11.8 Å². The number of nitrogens with zero attached hydrogens (tertiary/aromatic N) is 12. The fourth-order valence-electron chi connectivity index (χ4n) is 12.6. The van der Waals surface area contributed by atoms with Crippen LogP contribution in [0.25, 0.3) is 0 Å². The van der Waals surface area contributed by atoms with Gasteiger partial charge in [-0.05, 0) is 86.7 Å². The highest BCUT2D eigenvalue weighted by Crippen LogP contribution is 2.35. The molecule has 6 aliphatic heterocycles. The Balaban J connectivity index is 0.000000153. The predicted octanol–water partition coefficient (Wildman–Crippen LogP) is 10.5. The molecule has 6 aromatic rings. The van der Waals surface area contributed by atoms with Crippen LogP contribution in [0, 0.1) is 29.3 Å². The molecule has 27 nitrogen and oxygen atoms in total. The van der Waals surface area contributed by atoms with Crippen molar-refractivity contribution in [2.75, 3.05) is 56.7 Å². The van der Waals surface area contributed by atoms with Crippen LogP contribution in [-0.2, 0) is 87.4 Å². The van der Waals surface area contributed by atoms with Crippen LogP contribution in [0.2, 0.25) is 15.1 Å². The Morgan fingerprint density at radius 1 is 0.515 bits per heavy atom. The number of anilines is 3. The first-order valence-corrected chi connectivity index (χ1v) is 34.5. The molecule has 9 amide bonds. The van der Waals surface area contributed by atoms with Crippen LogP contribution < -0.4 is 16.0 Å². The van der Waals surface area contributed by atoms with Crippen molar-refractivity contribution in [1.29, 1.82) is 0 Å². The molecule has 9 heterocycles. The molecule has 0 bridgehead atoms. The van der Waals surface area contributed by atoms with Crippen LogP contribution in [-0.4, -0.2) is 171 Å². The lowest BCUT2D eigenvalue weighted by Crippen LogP contribution is -2.39. The Morgan fingerprint density at radius 3 is 1.15 bits per heavy atom. The number of hydrogen-bond donors (Lipinski definition) is 3. The van der Waals surface area contributed by atoms with E-state index < -0.39 is 17.5 Å². The van der Waals surface area contributed by atoms with Crippen LogP contribution in [0.15, 0.2) is 54.6 Å². The molecule has 1 fully saturated rings. The lowest BCUT2D eigenvalue weighted by molar-refractivity contribution is -0.152. The Labute approximate surface area is 594 Å². The van der Waals surface area contributed by atoms with Gasteiger partial charge in [-0.2, -0.15) is 15.3 Å². The summed E-state index contributed by atoms with van der Waals surface area (Å²) in [6.07, 6.45) is 5.45. The maximum absolute atomic E-state index is 13.4. The van der Waals surface area contributed by atoms with Crippen LogP contribution >= 0.6 is 34.8 Å². The molecule has 3 aromatic carbocycles. The van der Waals surface area contributed by atoms with E-state index in [1.165, 1.54) is 76.8 Å². The number of hydroxylamine groups is 6. The van der Waals surface area contributed by atoms with Crippen LogP contribution in [0.3, 0.4) is 0 Å². The van der Waals surface area contributed by atoms with Gasteiger partial charge >= 0.3 is 18.1 Å². The van der Waals surface area contributed by atoms with Gasteiger partial charge in [0, 0.05) is 131 Å². The average molecular weight is 1460 g/mol. The molecule has 0 radical (unpaired) electrons. The third-order valence-electron chi connectivity index (χ3n) is 18.4. The van der Waals surface area contributed by atoms with Gasteiger partial charge in [0.05, 0.1) is 71.4 Å². The lowest BCUT2D eigenvalue weighted by Gasteiger charge is -2.27. The highest BCUT2D eigenvalue weighted by atomic mass is 35.5. The fraction of sp³-hybridized carbons (Fsp3) is 0.471. The van der Waals surface area contributed by atoms with E-state index in [0.29, 0.717) is 154 Å². The first kappa shape index (κ1) is 73.3. The zero-order chi connectivity index (χ0) is 72.2. The average Bonchev–Trinajstić information content (AvgIpc) is 1.64. The minimum atomic E-state index is -0.568. The van der Waals surface area contributed by atoms with Crippen LogP contribution in [0.4, 0.5) is 44.6 Å². The summed E-state index contributed by atoms with van der Waals surface area (Å²) >= 11 is 17.4. The van der Waals surface area contributed by atoms with Crippen molar-refractivity contribution in [3.8, 4) is 0 Å². The standard InChI is InChI=1S/C23H25ClFN5O4.C23H27ClFN5O4.C22H25ClFN5O4/c1-28-22(32)21-16-12-29(23(33)26-14-4-6-18(25)17(24)10-14)9-8-19(16)27-30(21)11-15(34-28)5-7-20(31)13-2-3-13;1-13(2)20(31)7-5-15-11-30-21(22(32)28(3)34-15)16-12-29(9-8-19(16)27-30)23(33)26-14-4-6-18(25)17(24)10-14;1-3-14(30)5-6-15-11-29-20(21(31)27(2)33-15)16-12-28(9-8-19(16)26-29)22(32)25-13-4-7-18(24)17(23)10-13/h4,6,10,13,15H,2-3,5,7-9,11-12H2,1H3,(H,26,33);4,6,10,13,15H,5,7-9,11-12H2,1-3H3,(H,26,33);4,7,10,15H,3,5-6,8-9,11-12H2,1-2H3,(H,25,32). The van der Waals surface area contributed by atoms with E-state index in [1.54, 1.807) is 42.8 Å². The summed E-state index contributed by atoms with van der Waals surface area (Å²) in [4.78, 5) is 136. The smallest absolute Gasteiger partial charge is 0.320 e. The van der Waals surface area contributed by atoms with E-state index in [-0.39, 0.29) is 118 Å². The van der Waals surface area contributed by atoms with Crippen molar-refractivity contribution in [3.05, 3.63) is 138 Å². The SMILES string of the molecule is CC(C)C(=O)CCC1Cn2nc3c(c2C(=O)N(C)O1)CN(C(=O)Nc1ccc(F)c(Cl)c1)CC3.CCC(=O)CCC1Cn2nc3c(c2C(=O)N(C)O1)CN(C(=O)Nc1ccc(F)c(Cl)c1)CC3.CN1OC(CCC(=O)C2CC2)Cn2nc3c(c2C1=O)CN(C(=O)Nc1ccc(F)c(Cl)c1)CC3. The first-order valence-electron chi connectivity index (χ1n) is 33.4. The largest absolute Gasteiger partial charge is 0.322 e. The van der Waals surface area contributed by atoms with E-state index in [9.17, 15) is 56.3 Å². The van der Waals surface area contributed by atoms with Crippen molar-refractivity contribution in [3.63, 3.8) is 0 Å². The molecular weight excluding hydrogens is 1380 g/mol. The first-order chi connectivity index (χ1) is 48.2. The van der Waals surface area contributed by atoms with E-state index in [0.717, 1.165) is 29.9 Å². The summed E-state index contributed by atoms with van der Waals surface area (Å²) in [7, 11) is 4.64. The second-order valence-corrected chi connectivity index (χ2v) is 27.2. The summed E-state index contributed by atoms with van der Waals surface area (Å²) in [5.41, 5.74) is 6.66. The van der Waals surface area contributed by atoms with Crippen molar-refractivity contribution in [1.82, 2.24) is 59.2 Å². The second-order valence-electron chi connectivity index (χ2n) is 26.0. The number of rotatable bonds is 15. The number of fused-ring (bicyclic) bond motifs is 9. The van der Waals surface area contributed by atoms with Gasteiger partial charge in [0.25, 0.3) is 17.7 Å². The van der Waals surface area contributed by atoms with Gasteiger partial charge in [-0.25, -0.2) is 42.7 Å². The summed E-state index contributed by atoms with van der Waals surface area (Å²) in [5, 5.41) is 25.4. The second kappa shape index (κ2) is 31.5. The molecule has 3 N–H and O–H groups in total. The fourth-order valence-corrected chi connectivity index (χ4v) is 13.2. The number of aromatic nitrogens is 6. The van der Waals surface area contributed by atoms with Gasteiger partial charge in [-0.1, -0.05) is 55.6 Å². The maximum Gasteiger partial charge on any atom is 0.322 e. The lowest BCUT2D eigenvalue weighted by atomic mass is 10.0. The third kappa shape index (κ3) is 17.2. The minimum absolute atomic E-state index is 0.0548. The number of ketones is 3. The Morgan fingerprint density at radius 2 is 0.842 bits per heavy atom. The number of benzene rings is 3. The molecule has 1 saturated carbocycles. The normalized spacial score (nSPS) is 18.6. The van der Waals surface area contributed by atoms with Crippen LogP contribution in [0.5, 0.6) is 0 Å². The summed E-state index contributed by atoms with van der Waals surface area (Å²) in [6, 6.07) is 10.7. The highest BCUT2D eigenvalue weighted by Gasteiger charge is 2.40. The molecule has 1 aliphatic carbocycles. The molecule has 13 rings (SSSR count). The molecule has 3 unspecified atom stereocenters. The molecule has 101 heavy (non-hydrogen) atoms. The highest BCUT2D eigenvalue weighted by molar-refractivity contribution is 6.31. The quantitative estimate of drug-likeness (QED) is 0.0861. The Bertz CT molecular complexity index is 4070. The van der Waals surface area contributed by atoms with Gasteiger partial charge in [0.2, 0.25) is 0 Å². The number of Topliss-reactive ketones (excluding diaryl/α,β-unsaturated/α-hetero) is 3. The number of halogens is 6. The topological polar surface area (TPSA) is 290 Å². The molecule has 7 aliphatic rings. The number of hydrogen-bond acceptors (Lipinski definition) is 15. The number of amides is 9. The maximum atomic E-state index is 13.4.